The molecule has 10 atom stereocenters. The van der Waals surface area contributed by atoms with Crippen LogP contribution in [0.15, 0.2) is 54.6 Å². The van der Waals surface area contributed by atoms with Crippen LogP contribution < -0.4 is 15.5 Å². The number of carboxylic acids is 1. The number of nitrogens with one attached hydrogen (secondary N) is 2. The maximum atomic E-state index is 14.6. The maximum absolute atomic E-state index is 14.6. The number of methoxy groups -OCH3 is 2. The van der Waals surface area contributed by atoms with Crippen LogP contribution in [0.4, 0.5) is 5.69 Å². The number of hydrogen-bond acceptors (Lipinski definition) is 10. The van der Waals surface area contributed by atoms with Gasteiger partial charge in [0.2, 0.25) is 17.7 Å². The van der Waals surface area contributed by atoms with E-state index in [-0.39, 0.29) is 54.4 Å². The van der Waals surface area contributed by atoms with Crippen LogP contribution in [0.5, 0.6) is 0 Å². The number of amides is 3. The van der Waals surface area contributed by atoms with Gasteiger partial charge in [0.15, 0.2) is 0 Å². The molecule has 4 N–H and O–H groups in total. The van der Waals surface area contributed by atoms with Gasteiger partial charge in [0.25, 0.3) is 0 Å². The number of hydrogen-bond donors (Lipinski definition) is 4. The Kier molecular flexibility index (Phi) is 21.5. The van der Waals surface area contributed by atoms with Gasteiger partial charge in [-0.3, -0.25) is 29.4 Å². The lowest BCUT2D eigenvalue weighted by atomic mass is 9.89. The van der Waals surface area contributed by atoms with Crippen LogP contribution >= 0.6 is 0 Å². The van der Waals surface area contributed by atoms with Gasteiger partial charge < -0.3 is 39.7 Å². The van der Waals surface area contributed by atoms with E-state index in [4.69, 9.17) is 9.47 Å². The molecular weight excluding hydrogens is 801 g/mol. The number of nitrogens with zero attached hydrogens (tertiary/aromatic N) is 4. The van der Waals surface area contributed by atoms with Crippen LogP contribution in [-0.2, 0) is 41.5 Å². The molecule has 0 aliphatic carbocycles. The molecule has 1 unspecified atom stereocenters. The van der Waals surface area contributed by atoms with E-state index in [2.05, 4.69) is 44.7 Å². The van der Waals surface area contributed by atoms with Crippen molar-refractivity contribution in [2.24, 2.45) is 23.7 Å². The molecule has 0 bridgehead atoms. The first kappa shape index (κ1) is 53.3. The van der Waals surface area contributed by atoms with Crippen molar-refractivity contribution in [3.8, 4) is 0 Å². The summed E-state index contributed by atoms with van der Waals surface area (Å²) >= 11 is 0. The van der Waals surface area contributed by atoms with Gasteiger partial charge in [-0.25, -0.2) is 0 Å². The van der Waals surface area contributed by atoms with Gasteiger partial charge in [-0.05, 0) is 73.7 Å². The van der Waals surface area contributed by atoms with E-state index in [0.29, 0.717) is 19.5 Å². The number of carboxylic acid groups (broad SMARTS) is 1. The molecule has 3 rings (SSSR count). The molecule has 1 fully saturated rings. The summed E-state index contributed by atoms with van der Waals surface area (Å²) in [4.78, 5) is 62.9. The van der Waals surface area contributed by atoms with Crippen LogP contribution in [0.3, 0.4) is 0 Å². The van der Waals surface area contributed by atoms with E-state index in [1.165, 1.54) is 5.56 Å². The fraction of sp³-hybridized carbons (Fsp3) is 0.673. The van der Waals surface area contributed by atoms with E-state index in [1.807, 2.05) is 93.0 Å². The molecule has 3 amide bonds. The number of ether oxygens (including phenoxy) is 2. The third kappa shape index (κ3) is 14.7. The Morgan fingerprint density at radius 2 is 1.51 bits per heavy atom. The predicted molar refractivity (Wildman–Crippen MR) is 249 cm³/mol. The molecule has 14 heteroatoms. The second kappa shape index (κ2) is 25.4. The minimum Gasteiger partial charge on any atom is -0.480 e. The topological polar surface area (TPSA) is 164 Å². The number of rotatable bonds is 26. The van der Waals surface area contributed by atoms with Crippen LogP contribution in [0.2, 0.25) is 0 Å². The molecule has 63 heavy (non-hydrogen) atoms. The van der Waals surface area contributed by atoms with Crippen molar-refractivity contribution >= 4 is 29.4 Å². The number of likely N-dealkylation sites (tertiary alicyclic amines) is 1. The fourth-order valence-electron chi connectivity index (χ4n) is 9.18. The first-order valence-electron chi connectivity index (χ1n) is 22.9. The summed E-state index contributed by atoms with van der Waals surface area (Å²) in [6.45, 7) is 14.9. The average Bonchev–Trinajstić information content (AvgIpc) is 3.74. The highest BCUT2D eigenvalue weighted by molar-refractivity contribution is 5.90. The van der Waals surface area contributed by atoms with Crippen molar-refractivity contribution < 1.29 is 38.9 Å². The molecule has 0 aromatic heterocycles. The maximum Gasteiger partial charge on any atom is 0.321 e. The lowest BCUT2D eigenvalue weighted by Crippen LogP contribution is -2.60. The van der Waals surface area contributed by atoms with Gasteiger partial charge in [-0.2, -0.15) is 0 Å². The van der Waals surface area contributed by atoms with Gasteiger partial charge in [0, 0.05) is 60.1 Å². The standard InChI is InChI=1S/C49H80N6O8/c1-14-33(6)44(54(11)48(59)42(31(2)3)51-47(58)43(32(4)5)53(10)28-26-35-22-24-37(25-23-35)52(8)9)40(62-12)30-41(56)55-27-18-21-39(55)45(63-13)34(7)46(57)50-38(49(60)61)29-36-19-16-15-17-20-36/h15-17,19-20,22-25,31-34,38-40,42-46,50,57H,14,18,21,26-30H2,1-13H3,(H,51,58)(H,60,61)/t33-,34+,38-,39-,40+,42-,43-,44-,45+,46?/m0/s1. The molecule has 1 aliphatic rings. The van der Waals surface area contributed by atoms with E-state index < -0.39 is 54.5 Å². The van der Waals surface area contributed by atoms with Crippen LogP contribution in [0, 0.1) is 23.7 Å². The van der Waals surface area contributed by atoms with Crippen molar-refractivity contribution in [3.05, 3.63) is 65.7 Å². The highest BCUT2D eigenvalue weighted by Gasteiger charge is 2.43. The summed E-state index contributed by atoms with van der Waals surface area (Å²) in [5, 5.41) is 27.3. The van der Waals surface area contributed by atoms with E-state index >= 15 is 0 Å². The molecule has 1 aliphatic heterocycles. The minimum absolute atomic E-state index is 0.000202. The Labute approximate surface area is 378 Å². The van der Waals surface area contributed by atoms with E-state index in [9.17, 15) is 29.4 Å². The normalized spacial score (nSPS) is 18.6. The summed E-state index contributed by atoms with van der Waals surface area (Å²) in [7, 11) is 10.8. The number of carbonyl (C=O) groups excluding carboxylic acids is 3. The average molecular weight is 881 g/mol. The van der Waals surface area contributed by atoms with Gasteiger partial charge in [0.1, 0.15) is 18.3 Å². The number of likely N-dealkylation sites (N-methyl/N-ethyl adjacent to an activating group) is 2. The van der Waals surface area contributed by atoms with Crippen molar-refractivity contribution in [1.29, 1.82) is 0 Å². The van der Waals surface area contributed by atoms with Gasteiger partial charge in [0.05, 0.1) is 36.8 Å². The lowest BCUT2D eigenvalue weighted by Gasteiger charge is -2.41. The minimum atomic E-state index is -1.23. The Morgan fingerprint density at radius 3 is 2.03 bits per heavy atom. The quantitative estimate of drug-likeness (QED) is 0.0950. The summed E-state index contributed by atoms with van der Waals surface area (Å²) in [6, 6.07) is 14.5. The zero-order chi connectivity index (χ0) is 47.1. The Balaban J connectivity index is 1.75. The summed E-state index contributed by atoms with van der Waals surface area (Å²) in [5.74, 6) is -2.54. The van der Waals surface area contributed by atoms with E-state index in [0.717, 1.165) is 30.5 Å². The summed E-state index contributed by atoms with van der Waals surface area (Å²) in [6.07, 6.45) is 0.568. The Bertz CT molecular complexity index is 1710. The Hall–Kier alpha value is -4.08. The van der Waals surface area contributed by atoms with E-state index in [1.54, 1.807) is 38.0 Å². The highest BCUT2D eigenvalue weighted by atomic mass is 16.5. The number of benzene rings is 2. The van der Waals surface area contributed by atoms with Crippen molar-refractivity contribution in [3.63, 3.8) is 0 Å². The van der Waals surface area contributed by atoms with Crippen LogP contribution in [-0.4, -0.2) is 153 Å². The largest absolute Gasteiger partial charge is 0.480 e. The molecule has 14 nitrogen and oxygen atoms in total. The van der Waals surface area contributed by atoms with Crippen LogP contribution in [0.1, 0.15) is 85.3 Å². The number of carbonyl (C=O) groups is 4. The molecule has 2 aromatic carbocycles. The van der Waals surface area contributed by atoms with Gasteiger partial charge in [-0.1, -0.05) is 97.4 Å². The van der Waals surface area contributed by atoms with Crippen LogP contribution in [0.25, 0.3) is 0 Å². The third-order valence-electron chi connectivity index (χ3n) is 13.1. The Morgan fingerprint density at radius 1 is 0.873 bits per heavy atom. The first-order valence-corrected chi connectivity index (χ1v) is 22.9. The number of aliphatic hydroxyl groups excluding tert-OH is 1. The zero-order valence-electron chi connectivity index (χ0n) is 40.4. The molecule has 0 radical (unpaired) electrons. The van der Waals surface area contributed by atoms with Gasteiger partial charge >= 0.3 is 5.97 Å². The highest BCUT2D eigenvalue weighted by Crippen LogP contribution is 2.30. The molecule has 0 spiro atoms. The van der Waals surface area contributed by atoms with Crippen molar-refractivity contribution in [2.45, 2.75) is 136 Å². The monoisotopic (exact) mass is 881 g/mol. The SMILES string of the molecule is CC[C@H](C)[C@@H]([C@@H](CC(=O)N1CCC[C@H]1[C@H](OC)[C@@H](C)C(O)N[C@@H](Cc1ccccc1)C(=O)O)OC)N(C)C(=O)[C@@H](NC(=O)[C@H](C(C)C)N(C)CCc1ccc(N(C)C)cc1)C(C)C. The third-order valence-corrected chi connectivity index (χ3v) is 13.1. The number of aliphatic carboxylic acids is 1. The smallest absolute Gasteiger partial charge is 0.321 e. The summed E-state index contributed by atoms with van der Waals surface area (Å²) in [5.41, 5.74) is 3.13. The lowest BCUT2D eigenvalue weighted by molar-refractivity contribution is -0.148. The molecule has 354 valence electrons. The predicted octanol–water partition coefficient (Wildman–Crippen LogP) is 4.92. The second-order valence-electron chi connectivity index (χ2n) is 18.6. The fourth-order valence-corrected chi connectivity index (χ4v) is 9.18. The molecule has 1 saturated heterocycles. The summed E-state index contributed by atoms with van der Waals surface area (Å²) < 4.78 is 12.1. The molecule has 0 saturated carbocycles. The molecular formula is C49H80N6O8. The number of aliphatic hydroxyl groups is 1. The molecule has 2 aromatic rings. The van der Waals surface area contributed by atoms with Gasteiger partial charge in [-0.15, -0.1) is 0 Å². The number of anilines is 1. The van der Waals surface area contributed by atoms with Crippen molar-refractivity contribution in [1.82, 2.24) is 25.3 Å². The van der Waals surface area contributed by atoms with Crippen molar-refractivity contribution in [2.75, 3.05) is 60.4 Å². The second-order valence-corrected chi connectivity index (χ2v) is 18.6. The molecule has 1 heterocycles. The zero-order valence-corrected chi connectivity index (χ0v) is 40.4. The first-order chi connectivity index (χ1) is 29.8.